The van der Waals surface area contributed by atoms with Gasteiger partial charge in [0.1, 0.15) is 18.5 Å². The second-order valence-corrected chi connectivity index (χ2v) is 6.92. The molecule has 1 aliphatic carbocycles. The van der Waals surface area contributed by atoms with Crippen molar-refractivity contribution in [3.8, 4) is 5.75 Å². The molecule has 1 aromatic heterocycles. The Balaban J connectivity index is 1.34. The fraction of sp³-hybridized carbons (Fsp3) is 0.579. The second-order valence-electron chi connectivity index (χ2n) is 6.92. The summed E-state index contributed by atoms with van der Waals surface area (Å²) in [7, 11) is 0. The molecule has 5 heteroatoms. The fourth-order valence-electron chi connectivity index (χ4n) is 4.10. The van der Waals surface area contributed by atoms with Crippen LogP contribution in [0.25, 0.3) is 10.9 Å². The van der Waals surface area contributed by atoms with Gasteiger partial charge in [-0.3, -0.25) is 4.90 Å². The number of nitrogens with zero attached hydrogens (tertiary/aromatic N) is 1. The van der Waals surface area contributed by atoms with Gasteiger partial charge in [-0.15, -0.1) is 0 Å². The van der Waals surface area contributed by atoms with Crippen molar-refractivity contribution in [2.45, 2.75) is 43.9 Å². The summed E-state index contributed by atoms with van der Waals surface area (Å²) in [6, 6.07) is 8.42. The van der Waals surface area contributed by atoms with E-state index in [9.17, 15) is 5.11 Å². The zero-order chi connectivity index (χ0) is 16.4. The van der Waals surface area contributed by atoms with Crippen LogP contribution in [0.5, 0.6) is 5.75 Å². The Hall–Kier alpha value is -1.56. The number of β-amino-alcohol motifs (C(OH)–C–C–N with tert-alkyl or cyclic N) is 1. The van der Waals surface area contributed by atoms with Crippen molar-refractivity contribution in [2.24, 2.45) is 0 Å². The monoisotopic (exact) mass is 330 g/mol. The number of aliphatic hydroxyl groups excluding tert-OH is 1. The topological polar surface area (TPSA) is 57.7 Å². The van der Waals surface area contributed by atoms with Gasteiger partial charge in [-0.25, -0.2) is 0 Å². The van der Waals surface area contributed by atoms with Crippen LogP contribution in [0, 0.1) is 0 Å². The molecule has 2 heterocycles. The number of aliphatic hydroxyl groups is 1. The molecule has 24 heavy (non-hydrogen) atoms. The predicted molar refractivity (Wildman–Crippen MR) is 93.4 cm³/mol. The van der Waals surface area contributed by atoms with Crippen LogP contribution in [0.15, 0.2) is 30.5 Å². The molecule has 1 aromatic carbocycles. The number of ether oxygens (including phenoxy) is 2. The first-order valence-corrected chi connectivity index (χ1v) is 9.04. The molecule has 1 saturated heterocycles. The van der Waals surface area contributed by atoms with Crippen molar-refractivity contribution < 1.29 is 14.6 Å². The summed E-state index contributed by atoms with van der Waals surface area (Å²) in [6.45, 7) is 2.66. The zero-order valence-corrected chi connectivity index (χ0v) is 14.0. The third kappa shape index (κ3) is 3.29. The first-order chi connectivity index (χ1) is 11.8. The molecule has 4 rings (SSSR count). The molecule has 1 saturated carbocycles. The highest BCUT2D eigenvalue weighted by Crippen LogP contribution is 2.29. The SMILES string of the molecule is OC(COc1cccc2[nH]ccc12)CN1CCOC2CCCCC21. The van der Waals surface area contributed by atoms with Crippen molar-refractivity contribution in [3.63, 3.8) is 0 Å². The van der Waals surface area contributed by atoms with E-state index in [0.29, 0.717) is 25.3 Å². The van der Waals surface area contributed by atoms with Gasteiger partial charge in [0.05, 0.1) is 12.7 Å². The Morgan fingerprint density at radius 3 is 3.17 bits per heavy atom. The lowest BCUT2D eigenvalue weighted by atomic mass is 9.90. The number of rotatable bonds is 5. The lowest BCUT2D eigenvalue weighted by Gasteiger charge is -2.44. The number of H-pyrrole nitrogens is 1. The van der Waals surface area contributed by atoms with Crippen LogP contribution < -0.4 is 4.74 Å². The normalized spacial score (nSPS) is 26.2. The summed E-state index contributed by atoms with van der Waals surface area (Å²) in [4.78, 5) is 5.58. The third-order valence-electron chi connectivity index (χ3n) is 5.28. The lowest BCUT2D eigenvalue weighted by Crippen LogP contribution is -2.55. The van der Waals surface area contributed by atoms with E-state index in [-0.39, 0.29) is 0 Å². The smallest absolute Gasteiger partial charge is 0.128 e. The number of aromatic amines is 1. The van der Waals surface area contributed by atoms with Gasteiger partial charge in [0, 0.05) is 36.2 Å². The van der Waals surface area contributed by atoms with Crippen molar-refractivity contribution in [1.82, 2.24) is 9.88 Å². The Morgan fingerprint density at radius 2 is 2.21 bits per heavy atom. The highest BCUT2D eigenvalue weighted by Gasteiger charge is 2.34. The minimum atomic E-state index is -0.486. The molecule has 3 atom stereocenters. The number of fused-ring (bicyclic) bond motifs is 2. The van der Waals surface area contributed by atoms with E-state index in [1.54, 1.807) is 0 Å². The molecule has 130 valence electrons. The van der Waals surface area contributed by atoms with Gasteiger partial charge in [0.15, 0.2) is 0 Å². The van der Waals surface area contributed by atoms with Crippen molar-refractivity contribution in [1.29, 1.82) is 0 Å². The highest BCUT2D eigenvalue weighted by molar-refractivity contribution is 5.85. The number of hydrogen-bond acceptors (Lipinski definition) is 4. The standard InChI is InChI=1S/C19H26N2O3/c22-14(12-21-10-11-23-19-6-2-1-5-17(19)21)13-24-18-7-3-4-16-15(18)8-9-20-16/h3-4,7-9,14,17,19-20,22H,1-2,5-6,10-13H2. The van der Waals surface area contributed by atoms with Crippen LogP contribution in [0.3, 0.4) is 0 Å². The van der Waals surface area contributed by atoms with Crippen molar-refractivity contribution >= 4 is 10.9 Å². The quantitative estimate of drug-likeness (QED) is 0.885. The first-order valence-electron chi connectivity index (χ1n) is 9.04. The molecule has 0 radical (unpaired) electrons. The number of aromatic nitrogens is 1. The van der Waals surface area contributed by atoms with Gasteiger partial charge in [-0.2, -0.15) is 0 Å². The Labute approximate surface area is 142 Å². The van der Waals surface area contributed by atoms with E-state index in [0.717, 1.165) is 36.2 Å². The van der Waals surface area contributed by atoms with Gasteiger partial charge >= 0.3 is 0 Å². The molecular formula is C19H26N2O3. The lowest BCUT2D eigenvalue weighted by molar-refractivity contribution is -0.0992. The van der Waals surface area contributed by atoms with Gasteiger partial charge in [-0.05, 0) is 31.0 Å². The highest BCUT2D eigenvalue weighted by atomic mass is 16.5. The summed E-state index contributed by atoms with van der Waals surface area (Å²) in [5.41, 5.74) is 1.06. The zero-order valence-electron chi connectivity index (χ0n) is 14.0. The summed E-state index contributed by atoms with van der Waals surface area (Å²) in [5.74, 6) is 0.824. The van der Waals surface area contributed by atoms with Crippen LogP contribution in [0.4, 0.5) is 0 Å². The number of morpholine rings is 1. The molecule has 2 fully saturated rings. The van der Waals surface area contributed by atoms with E-state index in [1.807, 2.05) is 30.5 Å². The predicted octanol–water partition coefficient (Wildman–Crippen LogP) is 2.55. The molecule has 1 aliphatic heterocycles. The summed E-state index contributed by atoms with van der Waals surface area (Å²) in [6.07, 6.45) is 6.65. The average Bonchev–Trinajstić information content (AvgIpc) is 3.09. The molecule has 0 spiro atoms. The molecule has 2 N–H and O–H groups in total. The van der Waals surface area contributed by atoms with Gasteiger partial charge in [0.25, 0.3) is 0 Å². The Kier molecular flexibility index (Phi) is 4.74. The average molecular weight is 330 g/mol. The van der Waals surface area contributed by atoms with E-state index >= 15 is 0 Å². The summed E-state index contributed by atoms with van der Waals surface area (Å²) >= 11 is 0. The largest absolute Gasteiger partial charge is 0.490 e. The maximum Gasteiger partial charge on any atom is 0.128 e. The molecule has 2 aliphatic rings. The van der Waals surface area contributed by atoms with Crippen LogP contribution in [-0.4, -0.2) is 59.5 Å². The minimum Gasteiger partial charge on any atom is -0.490 e. The number of benzene rings is 1. The van der Waals surface area contributed by atoms with E-state index in [1.165, 1.54) is 19.3 Å². The summed E-state index contributed by atoms with van der Waals surface area (Å²) < 4.78 is 11.8. The van der Waals surface area contributed by atoms with E-state index < -0.39 is 6.10 Å². The fourth-order valence-corrected chi connectivity index (χ4v) is 4.10. The maximum absolute atomic E-state index is 10.5. The van der Waals surface area contributed by atoms with Crippen LogP contribution in [0.1, 0.15) is 25.7 Å². The van der Waals surface area contributed by atoms with Crippen LogP contribution >= 0.6 is 0 Å². The van der Waals surface area contributed by atoms with Crippen LogP contribution in [-0.2, 0) is 4.74 Å². The van der Waals surface area contributed by atoms with Gasteiger partial charge in [0.2, 0.25) is 0 Å². The van der Waals surface area contributed by atoms with Crippen LogP contribution in [0.2, 0.25) is 0 Å². The first kappa shape index (κ1) is 15.9. The van der Waals surface area contributed by atoms with E-state index in [2.05, 4.69) is 9.88 Å². The summed E-state index contributed by atoms with van der Waals surface area (Å²) in [5, 5.41) is 11.5. The molecular weight excluding hydrogens is 304 g/mol. The maximum atomic E-state index is 10.5. The molecule has 2 aromatic rings. The van der Waals surface area contributed by atoms with E-state index in [4.69, 9.17) is 9.47 Å². The number of hydrogen-bond donors (Lipinski definition) is 2. The van der Waals surface area contributed by atoms with Gasteiger partial charge < -0.3 is 19.6 Å². The molecule has 0 amide bonds. The van der Waals surface area contributed by atoms with Crippen molar-refractivity contribution in [2.75, 3.05) is 26.3 Å². The van der Waals surface area contributed by atoms with Crippen molar-refractivity contribution in [3.05, 3.63) is 30.5 Å². The Bertz CT molecular complexity index is 669. The third-order valence-corrected chi connectivity index (χ3v) is 5.28. The van der Waals surface area contributed by atoms with Gasteiger partial charge in [-0.1, -0.05) is 18.9 Å². The minimum absolute atomic E-state index is 0.318. The molecule has 3 unspecified atom stereocenters. The Morgan fingerprint density at radius 1 is 1.29 bits per heavy atom. The second kappa shape index (κ2) is 7.13. The number of nitrogens with one attached hydrogen (secondary N) is 1. The molecule has 5 nitrogen and oxygen atoms in total. The molecule has 0 bridgehead atoms.